The Labute approximate surface area is 118 Å². The fourth-order valence-electron chi connectivity index (χ4n) is 2.17. The summed E-state index contributed by atoms with van der Waals surface area (Å²) in [5.41, 5.74) is 4.26. The van der Waals surface area contributed by atoms with Gasteiger partial charge in [0.25, 0.3) is 0 Å². The summed E-state index contributed by atoms with van der Waals surface area (Å²) in [6, 6.07) is 11.1. The molecule has 0 aliphatic rings. The van der Waals surface area contributed by atoms with E-state index in [1.807, 2.05) is 27.0 Å². The number of nitrogens with zero attached hydrogens (tertiary/aromatic N) is 2. The van der Waals surface area contributed by atoms with Gasteiger partial charge in [-0.3, -0.25) is 4.79 Å². The SMILES string of the molecule is Cc1cc(CC(=O)Nc2ccccc2C#N)c(C)n1C. The Bertz CT molecular complexity index is 692. The van der Waals surface area contributed by atoms with Gasteiger partial charge in [0.15, 0.2) is 0 Å². The van der Waals surface area contributed by atoms with Crippen LogP contribution >= 0.6 is 0 Å². The lowest BCUT2D eigenvalue weighted by Crippen LogP contribution is -2.15. The lowest BCUT2D eigenvalue weighted by atomic mass is 10.1. The summed E-state index contributed by atoms with van der Waals surface area (Å²) < 4.78 is 2.06. The molecule has 0 unspecified atom stereocenters. The smallest absolute Gasteiger partial charge is 0.228 e. The van der Waals surface area contributed by atoms with E-state index in [2.05, 4.69) is 16.0 Å². The molecule has 102 valence electrons. The second kappa shape index (κ2) is 5.62. The van der Waals surface area contributed by atoms with Crippen LogP contribution in [0.15, 0.2) is 30.3 Å². The second-order valence-corrected chi connectivity index (χ2v) is 4.84. The standard InChI is InChI=1S/C16H17N3O/c1-11-8-14(12(2)19(11)3)9-16(20)18-15-7-5-4-6-13(15)10-17/h4-8H,9H2,1-3H3,(H,18,20). The van der Waals surface area contributed by atoms with Crippen molar-refractivity contribution in [1.29, 1.82) is 5.26 Å². The normalized spacial score (nSPS) is 10.1. The molecule has 1 heterocycles. The lowest BCUT2D eigenvalue weighted by Gasteiger charge is -2.07. The van der Waals surface area contributed by atoms with Crippen LogP contribution < -0.4 is 5.32 Å². The first-order chi connectivity index (χ1) is 9.52. The molecule has 20 heavy (non-hydrogen) atoms. The summed E-state index contributed by atoms with van der Waals surface area (Å²) in [5.74, 6) is -0.110. The lowest BCUT2D eigenvalue weighted by molar-refractivity contribution is -0.115. The monoisotopic (exact) mass is 267 g/mol. The zero-order valence-corrected chi connectivity index (χ0v) is 11.9. The average molecular weight is 267 g/mol. The van der Waals surface area contributed by atoms with E-state index < -0.39 is 0 Å². The van der Waals surface area contributed by atoms with E-state index in [9.17, 15) is 4.79 Å². The molecule has 0 saturated carbocycles. The Morgan fingerprint density at radius 3 is 2.65 bits per heavy atom. The zero-order chi connectivity index (χ0) is 14.7. The van der Waals surface area contributed by atoms with E-state index in [0.29, 0.717) is 17.7 Å². The van der Waals surface area contributed by atoms with Gasteiger partial charge in [0.1, 0.15) is 6.07 Å². The van der Waals surface area contributed by atoms with Crippen molar-refractivity contribution in [1.82, 2.24) is 4.57 Å². The molecule has 4 heteroatoms. The van der Waals surface area contributed by atoms with E-state index in [-0.39, 0.29) is 5.91 Å². The average Bonchev–Trinajstić information content (AvgIpc) is 2.67. The van der Waals surface area contributed by atoms with Crippen molar-refractivity contribution in [2.75, 3.05) is 5.32 Å². The topological polar surface area (TPSA) is 57.8 Å². The quantitative estimate of drug-likeness (QED) is 0.929. The summed E-state index contributed by atoms with van der Waals surface area (Å²) in [6.45, 7) is 4.01. The number of aryl methyl sites for hydroxylation is 1. The molecule has 0 fully saturated rings. The molecule has 2 aromatic rings. The number of benzene rings is 1. The minimum Gasteiger partial charge on any atom is -0.352 e. The number of nitrogens with one attached hydrogen (secondary N) is 1. The van der Waals surface area contributed by atoms with E-state index >= 15 is 0 Å². The van der Waals surface area contributed by atoms with Gasteiger partial charge < -0.3 is 9.88 Å². The molecule has 0 radical (unpaired) electrons. The van der Waals surface area contributed by atoms with Gasteiger partial charge in [0.05, 0.1) is 17.7 Å². The van der Waals surface area contributed by atoms with Crippen molar-refractivity contribution in [3.05, 3.63) is 52.8 Å². The number of carbonyl (C=O) groups is 1. The number of carbonyl (C=O) groups excluding carboxylic acids is 1. The number of aromatic nitrogens is 1. The Morgan fingerprint density at radius 1 is 1.35 bits per heavy atom. The van der Waals surface area contributed by atoms with E-state index in [1.165, 1.54) is 0 Å². The number of anilines is 1. The summed E-state index contributed by atoms with van der Waals surface area (Å²) >= 11 is 0. The minimum atomic E-state index is -0.110. The van der Waals surface area contributed by atoms with E-state index in [1.54, 1.807) is 24.3 Å². The van der Waals surface area contributed by atoms with Crippen molar-refractivity contribution in [2.45, 2.75) is 20.3 Å². The van der Waals surface area contributed by atoms with E-state index in [0.717, 1.165) is 17.0 Å². The van der Waals surface area contributed by atoms with Crippen molar-refractivity contribution in [3.8, 4) is 6.07 Å². The van der Waals surface area contributed by atoms with Gasteiger partial charge in [-0.05, 0) is 37.6 Å². The van der Waals surface area contributed by atoms with Crippen molar-refractivity contribution < 1.29 is 4.79 Å². The van der Waals surface area contributed by atoms with Gasteiger partial charge in [0, 0.05) is 18.4 Å². The van der Waals surface area contributed by atoms with Crippen LogP contribution in [0.1, 0.15) is 22.5 Å². The maximum atomic E-state index is 12.1. The predicted molar refractivity (Wildman–Crippen MR) is 78.4 cm³/mol. The molecule has 0 bridgehead atoms. The van der Waals surface area contributed by atoms with Crippen molar-refractivity contribution >= 4 is 11.6 Å². The second-order valence-electron chi connectivity index (χ2n) is 4.84. The van der Waals surface area contributed by atoms with Crippen LogP contribution in [-0.2, 0) is 18.3 Å². The largest absolute Gasteiger partial charge is 0.352 e. The van der Waals surface area contributed by atoms with Crippen LogP contribution in [0.25, 0.3) is 0 Å². The summed E-state index contributed by atoms with van der Waals surface area (Å²) in [7, 11) is 1.98. The molecular weight excluding hydrogens is 250 g/mol. The first kappa shape index (κ1) is 13.9. The molecule has 0 aliphatic carbocycles. The number of amides is 1. The number of rotatable bonds is 3. The Balaban J connectivity index is 2.14. The van der Waals surface area contributed by atoms with Crippen LogP contribution in [0.5, 0.6) is 0 Å². The van der Waals surface area contributed by atoms with E-state index in [4.69, 9.17) is 5.26 Å². The van der Waals surface area contributed by atoms with Crippen molar-refractivity contribution in [2.24, 2.45) is 7.05 Å². The fourth-order valence-corrected chi connectivity index (χ4v) is 2.17. The third-order valence-electron chi connectivity index (χ3n) is 3.55. The molecule has 1 N–H and O–H groups in total. The third kappa shape index (κ3) is 2.72. The summed E-state index contributed by atoms with van der Waals surface area (Å²) in [5, 5.41) is 11.8. The number of hydrogen-bond donors (Lipinski definition) is 1. The zero-order valence-electron chi connectivity index (χ0n) is 11.9. The molecule has 0 aliphatic heterocycles. The van der Waals surface area contributed by atoms with Gasteiger partial charge in [-0.2, -0.15) is 5.26 Å². The van der Waals surface area contributed by atoms with Crippen LogP contribution in [0.4, 0.5) is 5.69 Å². The minimum absolute atomic E-state index is 0.110. The number of nitriles is 1. The van der Waals surface area contributed by atoms with Crippen molar-refractivity contribution in [3.63, 3.8) is 0 Å². The summed E-state index contributed by atoms with van der Waals surface area (Å²) in [4.78, 5) is 12.1. The first-order valence-electron chi connectivity index (χ1n) is 6.43. The number of hydrogen-bond acceptors (Lipinski definition) is 2. The third-order valence-corrected chi connectivity index (χ3v) is 3.55. The van der Waals surface area contributed by atoms with Crippen LogP contribution in [0.2, 0.25) is 0 Å². The van der Waals surface area contributed by atoms with Gasteiger partial charge in [-0.15, -0.1) is 0 Å². The molecule has 0 saturated heterocycles. The molecule has 1 amide bonds. The highest BCUT2D eigenvalue weighted by atomic mass is 16.1. The Kier molecular flexibility index (Phi) is 3.90. The maximum Gasteiger partial charge on any atom is 0.228 e. The molecular formula is C16H17N3O. The summed E-state index contributed by atoms with van der Waals surface area (Å²) in [6.07, 6.45) is 0.313. The molecule has 0 spiro atoms. The molecule has 4 nitrogen and oxygen atoms in total. The first-order valence-corrected chi connectivity index (χ1v) is 6.43. The van der Waals surface area contributed by atoms with Gasteiger partial charge in [-0.25, -0.2) is 0 Å². The highest BCUT2D eigenvalue weighted by Crippen LogP contribution is 2.17. The molecule has 2 rings (SSSR count). The highest BCUT2D eigenvalue weighted by molar-refractivity contribution is 5.93. The predicted octanol–water partition coefficient (Wildman–Crippen LogP) is 2.69. The van der Waals surface area contributed by atoms with Gasteiger partial charge in [0.2, 0.25) is 5.91 Å². The molecule has 0 atom stereocenters. The maximum absolute atomic E-state index is 12.1. The Morgan fingerprint density at radius 2 is 2.05 bits per heavy atom. The van der Waals surface area contributed by atoms with Gasteiger partial charge >= 0.3 is 0 Å². The number of para-hydroxylation sites is 1. The highest BCUT2D eigenvalue weighted by Gasteiger charge is 2.12. The van der Waals surface area contributed by atoms with Crippen LogP contribution in [0, 0.1) is 25.2 Å². The fraction of sp³-hybridized carbons (Fsp3) is 0.250. The Hall–Kier alpha value is -2.54. The van der Waals surface area contributed by atoms with Crippen LogP contribution in [-0.4, -0.2) is 10.5 Å². The molecule has 1 aromatic heterocycles. The van der Waals surface area contributed by atoms with Crippen LogP contribution in [0.3, 0.4) is 0 Å². The van der Waals surface area contributed by atoms with Gasteiger partial charge in [-0.1, -0.05) is 12.1 Å². The molecule has 1 aromatic carbocycles.